The fraction of sp³-hybridized carbons (Fsp3) is 0.364. The summed E-state index contributed by atoms with van der Waals surface area (Å²) in [5, 5.41) is 22.8. The molecular formula is C11H12FN3O4. The molecule has 19 heavy (non-hydrogen) atoms. The first kappa shape index (κ1) is 13.2. The summed E-state index contributed by atoms with van der Waals surface area (Å²) >= 11 is 0. The minimum absolute atomic E-state index is 0.0875. The fourth-order valence-corrected chi connectivity index (χ4v) is 2.02. The number of carbonyl (C=O) groups is 1. The summed E-state index contributed by atoms with van der Waals surface area (Å²) in [6, 6.07) is 1.70. The van der Waals surface area contributed by atoms with Gasteiger partial charge in [-0.25, -0.2) is 9.18 Å². The van der Waals surface area contributed by atoms with Crippen LogP contribution in [0.2, 0.25) is 0 Å². The Morgan fingerprint density at radius 2 is 2.05 bits per heavy atom. The monoisotopic (exact) mass is 269 g/mol. The fourth-order valence-electron chi connectivity index (χ4n) is 2.02. The summed E-state index contributed by atoms with van der Waals surface area (Å²) in [7, 11) is 0. The van der Waals surface area contributed by atoms with Crippen molar-refractivity contribution < 1.29 is 19.2 Å². The maximum Gasteiger partial charge on any atom is 0.342 e. The van der Waals surface area contributed by atoms with Crippen LogP contribution in [0.5, 0.6) is 0 Å². The van der Waals surface area contributed by atoms with Crippen LogP contribution in [0.25, 0.3) is 0 Å². The number of nitrogens with zero attached hydrogens (tertiary/aromatic N) is 2. The van der Waals surface area contributed by atoms with E-state index in [0.29, 0.717) is 32.2 Å². The predicted molar refractivity (Wildman–Crippen MR) is 65.1 cm³/mol. The smallest absolute Gasteiger partial charge is 0.342 e. The summed E-state index contributed by atoms with van der Waals surface area (Å²) in [5.41, 5.74) is -1.15. The van der Waals surface area contributed by atoms with Crippen molar-refractivity contribution in [3.63, 3.8) is 0 Å². The number of hydrogen-bond donors (Lipinski definition) is 2. The molecule has 1 heterocycles. The molecule has 8 heteroatoms. The zero-order valence-electron chi connectivity index (χ0n) is 9.93. The normalized spacial score (nSPS) is 15.3. The van der Waals surface area contributed by atoms with Gasteiger partial charge in [-0.05, 0) is 6.07 Å². The van der Waals surface area contributed by atoms with Crippen LogP contribution in [-0.4, -0.2) is 42.2 Å². The molecule has 2 N–H and O–H groups in total. The number of anilines is 1. The Kier molecular flexibility index (Phi) is 3.61. The Morgan fingerprint density at radius 3 is 2.58 bits per heavy atom. The van der Waals surface area contributed by atoms with Gasteiger partial charge in [0.1, 0.15) is 5.56 Å². The maximum absolute atomic E-state index is 13.9. The van der Waals surface area contributed by atoms with Crippen molar-refractivity contribution in [3.8, 4) is 0 Å². The van der Waals surface area contributed by atoms with Gasteiger partial charge in [-0.1, -0.05) is 0 Å². The highest BCUT2D eigenvalue weighted by molar-refractivity contribution is 5.93. The first-order chi connectivity index (χ1) is 9.00. The summed E-state index contributed by atoms with van der Waals surface area (Å²) < 4.78 is 13.9. The Morgan fingerprint density at radius 1 is 1.42 bits per heavy atom. The van der Waals surface area contributed by atoms with Gasteiger partial charge in [-0.2, -0.15) is 0 Å². The van der Waals surface area contributed by atoms with Gasteiger partial charge in [0.2, 0.25) is 0 Å². The molecule has 0 bridgehead atoms. The predicted octanol–water partition coefficient (Wildman–Crippen LogP) is 0.842. The summed E-state index contributed by atoms with van der Waals surface area (Å²) in [6.45, 7) is 2.35. The molecule has 0 unspecified atom stereocenters. The highest BCUT2D eigenvalue weighted by Gasteiger charge is 2.25. The molecule has 7 nitrogen and oxygen atoms in total. The van der Waals surface area contributed by atoms with E-state index in [1.807, 2.05) is 0 Å². The van der Waals surface area contributed by atoms with Crippen LogP contribution in [0.1, 0.15) is 10.4 Å². The van der Waals surface area contributed by atoms with E-state index in [9.17, 15) is 19.3 Å². The number of nitro benzene ring substituents is 1. The Labute approximate surface area is 107 Å². The van der Waals surface area contributed by atoms with E-state index in [-0.39, 0.29) is 5.69 Å². The van der Waals surface area contributed by atoms with Crippen molar-refractivity contribution in [1.29, 1.82) is 0 Å². The van der Waals surface area contributed by atoms with E-state index >= 15 is 0 Å². The third-order valence-electron chi connectivity index (χ3n) is 2.95. The van der Waals surface area contributed by atoms with Crippen LogP contribution in [-0.2, 0) is 0 Å². The molecule has 0 spiro atoms. The van der Waals surface area contributed by atoms with E-state index in [1.165, 1.54) is 0 Å². The minimum atomic E-state index is -1.44. The number of piperazine rings is 1. The van der Waals surface area contributed by atoms with Crippen molar-refractivity contribution in [1.82, 2.24) is 5.32 Å². The zero-order chi connectivity index (χ0) is 14.0. The van der Waals surface area contributed by atoms with Gasteiger partial charge in [0.15, 0.2) is 5.82 Å². The van der Waals surface area contributed by atoms with Gasteiger partial charge < -0.3 is 15.3 Å². The van der Waals surface area contributed by atoms with Crippen LogP contribution in [0.3, 0.4) is 0 Å². The highest BCUT2D eigenvalue weighted by atomic mass is 19.1. The number of rotatable bonds is 3. The van der Waals surface area contributed by atoms with E-state index < -0.39 is 28.0 Å². The Bertz CT molecular complexity index is 529. The number of nitrogens with one attached hydrogen (secondary N) is 1. The van der Waals surface area contributed by atoms with Gasteiger partial charge in [-0.15, -0.1) is 0 Å². The van der Waals surface area contributed by atoms with Gasteiger partial charge in [-0.3, -0.25) is 10.1 Å². The second-order valence-corrected chi connectivity index (χ2v) is 4.12. The van der Waals surface area contributed by atoms with Crippen molar-refractivity contribution in [3.05, 3.63) is 33.6 Å². The zero-order valence-corrected chi connectivity index (χ0v) is 9.93. The standard InChI is InChI=1S/C11H12FN3O4/c12-8-6-9(15(18)19)7(11(16)17)5-10(8)14-3-1-13-2-4-14/h5-6,13H,1-4H2,(H,16,17). The lowest BCUT2D eigenvalue weighted by molar-refractivity contribution is -0.385. The number of carboxylic acid groups (broad SMARTS) is 1. The van der Waals surface area contributed by atoms with Crippen LogP contribution >= 0.6 is 0 Å². The summed E-state index contributed by atoms with van der Waals surface area (Å²) in [6.07, 6.45) is 0. The largest absolute Gasteiger partial charge is 0.477 e. The van der Waals surface area contributed by atoms with Crippen molar-refractivity contribution in [2.24, 2.45) is 0 Å². The molecule has 0 aromatic heterocycles. The van der Waals surface area contributed by atoms with Crippen molar-refractivity contribution in [2.75, 3.05) is 31.1 Å². The van der Waals surface area contributed by atoms with Crippen molar-refractivity contribution >= 4 is 17.3 Å². The maximum atomic E-state index is 13.9. The number of carboxylic acids is 1. The van der Waals surface area contributed by atoms with Crippen LogP contribution < -0.4 is 10.2 Å². The number of hydrogen-bond acceptors (Lipinski definition) is 5. The molecule has 102 valence electrons. The van der Waals surface area contributed by atoms with E-state index in [0.717, 1.165) is 6.07 Å². The number of nitro groups is 1. The number of benzene rings is 1. The van der Waals surface area contributed by atoms with Crippen LogP contribution in [0.15, 0.2) is 12.1 Å². The van der Waals surface area contributed by atoms with Gasteiger partial charge in [0.25, 0.3) is 5.69 Å². The van der Waals surface area contributed by atoms with Crippen molar-refractivity contribution in [2.45, 2.75) is 0 Å². The van der Waals surface area contributed by atoms with Gasteiger partial charge in [0, 0.05) is 26.2 Å². The molecule has 0 saturated carbocycles. The first-order valence-corrected chi connectivity index (χ1v) is 5.67. The number of aromatic carboxylic acids is 1. The Hall–Kier alpha value is -2.22. The van der Waals surface area contributed by atoms with Gasteiger partial charge >= 0.3 is 5.97 Å². The third-order valence-corrected chi connectivity index (χ3v) is 2.95. The average molecular weight is 269 g/mol. The molecule has 0 amide bonds. The van der Waals surface area contributed by atoms with E-state index in [2.05, 4.69) is 5.32 Å². The summed E-state index contributed by atoms with van der Waals surface area (Å²) in [4.78, 5) is 22.5. The van der Waals surface area contributed by atoms with Gasteiger partial charge in [0.05, 0.1) is 16.7 Å². The molecule has 1 fully saturated rings. The SMILES string of the molecule is O=C(O)c1cc(N2CCNCC2)c(F)cc1[N+](=O)[O-]. The van der Waals surface area contributed by atoms with Crippen LogP contribution in [0, 0.1) is 15.9 Å². The number of halogens is 1. The quantitative estimate of drug-likeness (QED) is 0.623. The lowest BCUT2D eigenvalue weighted by Crippen LogP contribution is -2.44. The van der Waals surface area contributed by atoms with E-state index in [1.54, 1.807) is 4.90 Å². The molecule has 1 aliphatic rings. The molecular weight excluding hydrogens is 257 g/mol. The lowest BCUT2D eigenvalue weighted by atomic mass is 10.1. The molecule has 0 aliphatic carbocycles. The molecule has 1 saturated heterocycles. The second kappa shape index (κ2) is 5.19. The lowest BCUT2D eigenvalue weighted by Gasteiger charge is -2.29. The highest BCUT2D eigenvalue weighted by Crippen LogP contribution is 2.28. The minimum Gasteiger partial charge on any atom is -0.477 e. The topological polar surface area (TPSA) is 95.7 Å². The second-order valence-electron chi connectivity index (χ2n) is 4.12. The molecule has 1 aromatic carbocycles. The van der Waals surface area contributed by atoms with E-state index in [4.69, 9.17) is 5.11 Å². The van der Waals surface area contributed by atoms with Crippen LogP contribution in [0.4, 0.5) is 15.8 Å². The molecule has 0 radical (unpaired) electrons. The molecule has 1 aliphatic heterocycles. The third kappa shape index (κ3) is 2.63. The summed E-state index contributed by atoms with van der Waals surface area (Å²) in [5.74, 6) is -2.22. The Balaban J connectivity index is 2.47. The molecule has 1 aromatic rings. The first-order valence-electron chi connectivity index (χ1n) is 5.67. The molecule has 2 rings (SSSR count). The average Bonchev–Trinajstić information content (AvgIpc) is 2.39. The molecule has 0 atom stereocenters.